The molecule has 1 aromatic rings. The first-order valence-electron chi connectivity index (χ1n) is 5.13. The molecule has 1 unspecified atom stereocenters. The zero-order valence-electron chi connectivity index (χ0n) is 9.05. The van der Waals surface area contributed by atoms with Crippen molar-refractivity contribution in [2.75, 3.05) is 6.61 Å². The summed E-state index contributed by atoms with van der Waals surface area (Å²) in [5, 5.41) is 0. The summed E-state index contributed by atoms with van der Waals surface area (Å²) in [6, 6.07) is 9.06. The fourth-order valence-electron chi connectivity index (χ4n) is 1.44. The van der Waals surface area contributed by atoms with Gasteiger partial charge in [0.25, 0.3) is 0 Å². The molecule has 1 heterocycles. The second-order valence-electron chi connectivity index (χ2n) is 3.57. The minimum absolute atomic E-state index is 0.282. The number of hydrogen-bond donors (Lipinski definition) is 0. The van der Waals surface area contributed by atoms with Gasteiger partial charge in [0.2, 0.25) is 0 Å². The molecule has 4 nitrogen and oxygen atoms in total. The van der Waals surface area contributed by atoms with Crippen LogP contribution in [0.3, 0.4) is 0 Å². The first-order valence-corrected chi connectivity index (χ1v) is 5.13. The van der Waals surface area contributed by atoms with Gasteiger partial charge in [-0.2, -0.15) is 0 Å². The van der Waals surface area contributed by atoms with Crippen molar-refractivity contribution in [1.82, 2.24) is 0 Å². The fraction of sp³-hybridized carbons (Fsp3) is 0.333. The molecule has 0 aliphatic carbocycles. The van der Waals surface area contributed by atoms with Crippen molar-refractivity contribution in [2.24, 2.45) is 4.99 Å². The smallest absolute Gasteiger partial charge is 0.334 e. The maximum absolute atomic E-state index is 11.6. The zero-order chi connectivity index (χ0) is 11.4. The molecule has 1 aromatic carbocycles. The summed E-state index contributed by atoms with van der Waals surface area (Å²) in [4.78, 5) is 15.6. The lowest BCUT2D eigenvalue weighted by Gasteiger charge is -2.06. The number of nitrogens with zero attached hydrogens (tertiary/aromatic N) is 1. The average molecular weight is 219 g/mol. The summed E-state index contributed by atoms with van der Waals surface area (Å²) in [6.07, 6.45) is 0. The number of rotatable bonds is 3. The standard InChI is InChI=1S/C12H13NO3/c1-9-13-11(8-15-9)12(14)16-7-10-5-3-2-4-6-10/h2-6,11H,7-8H2,1H3. The topological polar surface area (TPSA) is 47.9 Å². The second kappa shape index (κ2) is 4.79. The highest BCUT2D eigenvalue weighted by atomic mass is 16.5. The van der Waals surface area contributed by atoms with Crippen LogP contribution in [0.2, 0.25) is 0 Å². The van der Waals surface area contributed by atoms with E-state index in [1.807, 2.05) is 30.3 Å². The van der Waals surface area contributed by atoms with Gasteiger partial charge in [-0.05, 0) is 5.56 Å². The molecule has 2 rings (SSSR count). The highest BCUT2D eigenvalue weighted by Crippen LogP contribution is 2.08. The molecule has 1 aliphatic rings. The highest BCUT2D eigenvalue weighted by molar-refractivity contribution is 5.84. The van der Waals surface area contributed by atoms with E-state index in [9.17, 15) is 4.79 Å². The molecule has 1 atom stereocenters. The van der Waals surface area contributed by atoms with Crippen LogP contribution in [0.5, 0.6) is 0 Å². The molecule has 0 aromatic heterocycles. The Bertz CT molecular complexity index is 400. The Kier molecular flexibility index (Phi) is 3.19. The lowest BCUT2D eigenvalue weighted by Crippen LogP contribution is -2.22. The minimum atomic E-state index is -0.497. The van der Waals surface area contributed by atoms with Crippen LogP contribution in [0.4, 0.5) is 0 Å². The minimum Gasteiger partial charge on any atom is -0.478 e. The Morgan fingerprint density at radius 2 is 2.25 bits per heavy atom. The largest absolute Gasteiger partial charge is 0.478 e. The number of benzene rings is 1. The number of ether oxygens (including phenoxy) is 2. The maximum atomic E-state index is 11.6. The van der Waals surface area contributed by atoms with E-state index in [2.05, 4.69) is 4.99 Å². The average Bonchev–Trinajstić information content (AvgIpc) is 2.74. The van der Waals surface area contributed by atoms with E-state index in [0.717, 1.165) is 5.56 Å². The van der Waals surface area contributed by atoms with Crippen molar-refractivity contribution in [1.29, 1.82) is 0 Å². The Morgan fingerprint density at radius 1 is 1.50 bits per heavy atom. The molecule has 16 heavy (non-hydrogen) atoms. The van der Waals surface area contributed by atoms with Crippen LogP contribution in [-0.2, 0) is 20.9 Å². The normalized spacial score (nSPS) is 18.8. The molecule has 0 spiro atoms. The first-order chi connectivity index (χ1) is 7.75. The number of carbonyl (C=O) groups excluding carboxylic acids is 1. The molecule has 1 aliphatic heterocycles. The maximum Gasteiger partial charge on any atom is 0.334 e. The Hall–Kier alpha value is -1.84. The number of esters is 1. The summed E-state index contributed by atoms with van der Waals surface area (Å²) in [5.41, 5.74) is 0.968. The molecule has 0 N–H and O–H groups in total. The zero-order valence-corrected chi connectivity index (χ0v) is 9.05. The molecule has 0 radical (unpaired) electrons. The molecule has 84 valence electrons. The van der Waals surface area contributed by atoms with Gasteiger partial charge in [0.1, 0.15) is 13.2 Å². The van der Waals surface area contributed by atoms with Crippen LogP contribution >= 0.6 is 0 Å². The first kappa shape index (κ1) is 10.7. The van der Waals surface area contributed by atoms with Crippen molar-refractivity contribution >= 4 is 11.9 Å². The molecule has 0 saturated carbocycles. The van der Waals surface area contributed by atoms with Crippen LogP contribution in [0.1, 0.15) is 12.5 Å². The lowest BCUT2D eigenvalue weighted by atomic mass is 10.2. The van der Waals surface area contributed by atoms with Gasteiger partial charge in [-0.15, -0.1) is 0 Å². The quantitative estimate of drug-likeness (QED) is 0.724. The van der Waals surface area contributed by atoms with Gasteiger partial charge in [0, 0.05) is 6.92 Å². The fourth-order valence-corrected chi connectivity index (χ4v) is 1.44. The van der Waals surface area contributed by atoms with Gasteiger partial charge >= 0.3 is 5.97 Å². The summed E-state index contributed by atoms with van der Waals surface area (Å²) >= 11 is 0. The van der Waals surface area contributed by atoms with Gasteiger partial charge in [-0.3, -0.25) is 0 Å². The van der Waals surface area contributed by atoms with Crippen LogP contribution in [0, 0.1) is 0 Å². The van der Waals surface area contributed by atoms with Gasteiger partial charge in [-0.25, -0.2) is 9.79 Å². The van der Waals surface area contributed by atoms with Crippen molar-refractivity contribution in [2.45, 2.75) is 19.6 Å². The van der Waals surface area contributed by atoms with E-state index in [0.29, 0.717) is 12.5 Å². The number of aliphatic imine (C=N–C) groups is 1. The predicted molar refractivity (Wildman–Crippen MR) is 59.1 cm³/mol. The van der Waals surface area contributed by atoms with Gasteiger partial charge in [0.15, 0.2) is 11.9 Å². The van der Waals surface area contributed by atoms with E-state index < -0.39 is 6.04 Å². The van der Waals surface area contributed by atoms with E-state index in [4.69, 9.17) is 9.47 Å². The molecular formula is C12H13NO3. The predicted octanol–water partition coefficient (Wildman–Crippen LogP) is 1.55. The Labute approximate surface area is 93.9 Å². The van der Waals surface area contributed by atoms with Gasteiger partial charge < -0.3 is 9.47 Å². The Balaban J connectivity index is 1.85. The lowest BCUT2D eigenvalue weighted by molar-refractivity contribution is -0.146. The highest BCUT2D eigenvalue weighted by Gasteiger charge is 2.25. The van der Waals surface area contributed by atoms with Crippen LogP contribution in [0.25, 0.3) is 0 Å². The van der Waals surface area contributed by atoms with E-state index >= 15 is 0 Å². The number of hydrogen-bond acceptors (Lipinski definition) is 4. The molecular weight excluding hydrogens is 206 g/mol. The van der Waals surface area contributed by atoms with Crippen molar-refractivity contribution in [3.05, 3.63) is 35.9 Å². The van der Waals surface area contributed by atoms with E-state index in [1.165, 1.54) is 0 Å². The molecule has 0 bridgehead atoms. The van der Waals surface area contributed by atoms with Crippen LogP contribution in [0.15, 0.2) is 35.3 Å². The van der Waals surface area contributed by atoms with Gasteiger partial charge in [0.05, 0.1) is 0 Å². The third-order valence-electron chi connectivity index (χ3n) is 2.28. The van der Waals surface area contributed by atoms with Crippen molar-refractivity contribution < 1.29 is 14.3 Å². The van der Waals surface area contributed by atoms with E-state index in [1.54, 1.807) is 6.92 Å². The summed E-state index contributed by atoms with van der Waals surface area (Å²) in [7, 11) is 0. The second-order valence-corrected chi connectivity index (χ2v) is 3.57. The third kappa shape index (κ3) is 2.59. The van der Waals surface area contributed by atoms with Gasteiger partial charge in [-0.1, -0.05) is 30.3 Å². The SMILES string of the molecule is CC1=NC(C(=O)OCc2ccccc2)CO1. The van der Waals surface area contributed by atoms with Crippen LogP contribution < -0.4 is 0 Å². The summed E-state index contributed by atoms with van der Waals surface area (Å²) in [6.45, 7) is 2.30. The molecule has 0 saturated heterocycles. The van der Waals surface area contributed by atoms with Crippen molar-refractivity contribution in [3.8, 4) is 0 Å². The Morgan fingerprint density at radius 3 is 2.88 bits per heavy atom. The third-order valence-corrected chi connectivity index (χ3v) is 2.28. The van der Waals surface area contributed by atoms with Crippen LogP contribution in [-0.4, -0.2) is 24.5 Å². The number of carbonyl (C=O) groups is 1. The molecule has 4 heteroatoms. The van der Waals surface area contributed by atoms with E-state index in [-0.39, 0.29) is 12.6 Å². The molecule has 0 fully saturated rings. The summed E-state index contributed by atoms with van der Waals surface area (Å²) < 4.78 is 10.2. The summed E-state index contributed by atoms with van der Waals surface area (Å²) in [5.74, 6) is 0.211. The monoisotopic (exact) mass is 219 g/mol. The molecule has 0 amide bonds. The van der Waals surface area contributed by atoms with Crippen molar-refractivity contribution in [3.63, 3.8) is 0 Å².